The van der Waals surface area contributed by atoms with E-state index in [0.717, 1.165) is 12.3 Å². The molecular weight excluding hydrogens is 198 g/mol. The first-order chi connectivity index (χ1) is 7.88. The molecule has 16 heavy (non-hydrogen) atoms. The van der Waals surface area contributed by atoms with Gasteiger partial charge >= 0.3 is 0 Å². The zero-order valence-electron chi connectivity index (χ0n) is 9.73. The molecular formula is C13H21N3. The lowest BCUT2D eigenvalue weighted by molar-refractivity contribution is 0.389. The summed E-state index contributed by atoms with van der Waals surface area (Å²) in [6.45, 7) is 0. The Hall–Kier alpha value is -0.930. The molecule has 1 unspecified atom stereocenters. The maximum absolute atomic E-state index is 5.63. The van der Waals surface area contributed by atoms with E-state index in [1.807, 2.05) is 18.5 Å². The summed E-state index contributed by atoms with van der Waals surface area (Å²) in [4.78, 5) is 4.14. The Morgan fingerprint density at radius 2 is 2.25 bits per heavy atom. The molecule has 1 aromatic heterocycles. The van der Waals surface area contributed by atoms with Crippen molar-refractivity contribution >= 4 is 0 Å². The molecule has 88 valence electrons. The number of hydrazine groups is 1. The van der Waals surface area contributed by atoms with Crippen molar-refractivity contribution in [2.24, 2.45) is 11.8 Å². The molecule has 1 fully saturated rings. The van der Waals surface area contributed by atoms with Gasteiger partial charge in [0, 0.05) is 18.4 Å². The van der Waals surface area contributed by atoms with Gasteiger partial charge in [-0.1, -0.05) is 31.7 Å². The molecule has 1 saturated carbocycles. The third kappa shape index (κ3) is 3.29. The van der Waals surface area contributed by atoms with E-state index in [9.17, 15) is 0 Å². The predicted octanol–water partition coefficient (Wildman–Crippen LogP) is 2.04. The molecule has 0 aromatic carbocycles. The van der Waals surface area contributed by atoms with E-state index >= 15 is 0 Å². The lowest BCUT2D eigenvalue weighted by Gasteiger charge is -2.19. The monoisotopic (exact) mass is 219 g/mol. The Kier molecular flexibility index (Phi) is 4.31. The molecule has 1 heterocycles. The minimum atomic E-state index is 0.396. The lowest BCUT2D eigenvalue weighted by atomic mass is 9.95. The maximum atomic E-state index is 5.63. The zero-order valence-corrected chi connectivity index (χ0v) is 9.73. The molecule has 0 radical (unpaired) electrons. The van der Waals surface area contributed by atoms with Crippen LogP contribution in [0.2, 0.25) is 0 Å². The van der Waals surface area contributed by atoms with Gasteiger partial charge < -0.3 is 0 Å². The van der Waals surface area contributed by atoms with Crippen molar-refractivity contribution in [3.8, 4) is 0 Å². The summed E-state index contributed by atoms with van der Waals surface area (Å²) < 4.78 is 0. The van der Waals surface area contributed by atoms with Gasteiger partial charge in [0.05, 0.1) is 0 Å². The van der Waals surface area contributed by atoms with Crippen molar-refractivity contribution in [2.75, 3.05) is 0 Å². The summed E-state index contributed by atoms with van der Waals surface area (Å²) in [6, 6.07) is 4.50. The fraction of sp³-hybridized carbons (Fsp3) is 0.615. The number of pyridine rings is 1. The van der Waals surface area contributed by atoms with Gasteiger partial charge in [-0.3, -0.25) is 16.3 Å². The lowest BCUT2D eigenvalue weighted by Crippen LogP contribution is -2.38. The van der Waals surface area contributed by atoms with Crippen molar-refractivity contribution in [1.82, 2.24) is 10.4 Å². The van der Waals surface area contributed by atoms with Crippen LogP contribution < -0.4 is 11.3 Å². The van der Waals surface area contributed by atoms with Crippen molar-refractivity contribution in [2.45, 2.75) is 44.6 Å². The van der Waals surface area contributed by atoms with Crippen LogP contribution in [0, 0.1) is 5.92 Å². The Morgan fingerprint density at radius 1 is 1.44 bits per heavy atom. The van der Waals surface area contributed by atoms with Crippen LogP contribution in [-0.4, -0.2) is 11.0 Å². The van der Waals surface area contributed by atoms with Crippen LogP contribution in [0.25, 0.3) is 0 Å². The molecule has 0 bridgehead atoms. The van der Waals surface area contributed by atoms with Gasteiger partial charge in [-0.15, -0.1) is 0 Å². The molecule has 1 aliphatic carbocycles. The smallest absolute Gasteiger partial charge is 0.0300 e. The predicted molar refractivity (Wildman–Crippen MR) is 65.6 cm³/mol. The van der Waals surface area contributed by atoms with Gasteiger partial charge in [0.1, 0.15) is 0 Å². The van der Waals surface area contributed by atoms with Crippen LogP contribution in [0.5, 0.6) is 0 Å². The average Bonchev–Trinajstić information content (AvgIpc) is 2.82. The van der Waals surface area contributed by atoms with Crippen molar-refractivity contribution in [3.63, 3.8) is 0 Å². The number of hydrogen-bond donors (Lipinski definition) is 2. The van der Waals surface area contributed by atoms with E-state index in [2.05, 4.69) is 16.5 Å². The van der Waals surface area contributed by atoms with Crippen molar-refractivity contribution < 1.29 is 0 Å². The van der Waals surface area contributed by atoms with Crippen LogP contribution in [0.3, 0.4) is 0 Å². The van der Waals surface area contributed by atoms with Gasteiger partial charge in [-0.05, 0) is 30.4 Å². The molecule has 0 spiro atoms. The highest BCUT2D eigenvalue weighted by Crippen LogP contribution is 2.29. The minimum absolute atomic E-state index is 0.396. The fourth-order valence-corrected chi connectivity index (χ4v) is 2.66. The number of nitrogens with zero attached hydrogens (tertiary/aromatic N) is 1. The standard InChI is InChI=1S/C13H21N3/c14-16-13(8-11-4-1-2-5-11)9-12-6-3-7-15-10-12/h3,6-7,10-11,13,16H,1-2,4-5,8-9,14H2. The van der Waals surface area contributed by atoms with Crippen LogP contribution in [-0.2, 0) is 6.42 Å². The number of nitrogens with two attached hydrogens (primary N) is 1. The first kappa shape index (κ1) is 11.6. The Bertz CT molecular complexity index is 293. The Balaban J connectivity index is 1.85. The zero-order chi connectivity index (χ0) is 11.2. The molecule has 0 aliphatic heterocycles. The van der Waals surface area contributed by atoms with E-state index in [1.54, 1.807) is 0 Å². The highest BCUT2D eigenvalue weighted by molar-refractivity contribution is 5.10. The van der Waals surface area contributed by atoms with Crippen LogP contribution in [0.4, 0.5) is 0 Å². The second-order valence-electron chi connectivity index (χ2n) is 4.82. The van der Waals surface area contributed by atoms with Crippen molar-refractivity contribution in [3.05, 3.63) is 30.1 Å². The van der Waals surface area contributed by atoms with Crippen LogP contribution in [0.15, 0.2) is 24.5 Å². The average molecular weight is 219 g/mol. The molecule has 1 aromatic rings. The normalized spacial score (nSPS) is 18.8. The van der Waals surface area contributed by atoms with Crippen molar-refractivity contribution in [1.29, 1.82) is 0 Å². The second kappa shape index (κ2) is 5.97. The van der Waals surface area contributed by atoms with E-state index in [1.165, 1.54) is 37.7 Å². The van der Waals surface area contributed by atoms with Gasteiger partial charge in [0.25, 0.3) is 0 Å². The topological polar surface area (TPSA) is 50.9 Å². The summed E-state index contributed by atoms with van der Waals surface area (Å²) in [5.74, 6) is 6.50. The first-order valence-corrected chi connectivity index (χ1v) is 6.23. The van der Waals surface area contributed by atoms with Gasteiger partial charge in [0.2, 0.25) is 0 Å². The molecule has 2 rings (SSSR count). The molecule has 1 atom stereocenters. The quantitative estimate of drug-likeness (QED) is 0.588. The number of rotatable bonds is 5. The Labute approximate surface area is 97.4 Å². The van der Waals surface area contributed by atoms with Crippen LogP contribution >= 0.6 is 0 Å². The largest absolute Gasteiger partial charge is 0.271 e. The summed E-state index contributed by atoms with van der Waals surface area (Å²) in [7, 11) is 0. The summed E-state index contributed by atoms with van der Waals surface area (Å²) in [5, 5.41) is 0. The molecule has 3 heteroatoms. The summed E-state index contributed by atoms with van der Waals surface area (Å²) >= 11 is 0. The van der Waals surface area contributed by atoms with Crippen LogP contribution in [0.1, 0.15) is 37.7 Å². The van der Waals surface area contributed by atoms with Gasteiger partial charge in [-0.2, -0.15) is 0 Å². The van der Waals surface area contributed by atoms with E-state index in [0.29, 0.717) is 6.04 Å². The summed E-state index contributed by atoms with van der Waals surface area (Å²) in [6.07, 6.45) is 11.5. The minimum Gasteiger partial charge on any atom is -0.271 e. The van der Waals surface area contributed by atoms with Gasteiger partial charge in [0.15, 0.2) is 0 Å². The third-order valence-electron chi connectivity index (χ3n) is 3.53. The highest BCUT2D eigenvalue weighted by atomic mass is 15.2. The first-order valence-electron chi connectivity index (χ1n) is 6.23. The number of aromatic nitrogens is 1. The van der Waals surface area contributed by atoms with E-state index in [4.69, 9.17) is 5.84 Å². The molecule has 3 N–H and O–H groups in total. The summed E-state index contributed by atoms with van der Waals surface area (Å²) in [5.41, 5.74) is 4.22. The molecule has 0 saturated heterocycles. The van der Waals surface area contributed by atoms with E-state index < -0.39 is 0 Å². The molecule has 3 nitrogen and oxygen atoms in total. The molecule has 0 amide bonds. The fourth-order valence-electron chi connectivity index (χ4n) is 2.66. The maximum Gasteiger partial charge on any atom is 0.0300 e. The van der Waals surface area contributed by atoms with E-state index in [-0.39, 0.29) is 0 Å². The molecule has 1 aliphatic rings. The third-order valence-corrected chi connectivity index (χ3v) is 3.53. The Morgan fingerprint density at radius 3 is 2.88 bits per heavy atom. The highest BCUT2D eigenvalue weighted by Gasteiger charge is 2.19. The SMILES string of the molecule is NNC(Cc1cccnc1)CC1CCCC1. The second-order valence-corrected chi connectivity index (χ2v) is 4.82. The van der Waals surface area contributed by atoms with Gasteiger partial charge in [-0.25, -0.2) is 0 Å². The number of nitrogens with one attached hydrogen (secondary N) is 1. The number of hydrogen-bond acceptors (Lipinski definition) is 3.